The maximum atomic E-state index is 12.1. The van der Waals surface area contributed by atoms with E-state index < -0.39 is 0 Å². The minimum Gasteiger partial charge on any atom is -0.339 e. The number of rotatable bonds is 5. The number of carbonyl (C=O) groups excluding carboxylic acids is 1. The third-order valence-corrected chi connectivity index (χ3v) is 4.66. The Morgan fingerprint density at radius 2 is 1.77 bits per heavy atom. The number of halogens is 3. The van der Waals surface area contributed by atoms with Gasteiger partial charge in [0.1, 0.15) is 0 Å². The van der Waals surface area contributed by atoms with Gasteiger partial charge in [-0.1, -0.05) is 69.8 Å². The van der Waals surface area contributed by atoms with E-state index in [1.165, 1.54) is 12.1 Å². The van der Waals surface area contributed by atoms with Crippen LogP contribution in [0.3, 0.4) is 0 Å². The molecule has 0 unspecified atom stereocenters. The number of aromatic nitrogens is 2. The van der Waals surface area contributed by atoms with Crippen molar-refractivity contribution in [3.8, 4) is 11.4 Å². The standard InChI is InChI=1S/C18H14Cl3N3O2/c1-10-2-4-11(5-3-10)18-23-17(26-24-18)7-6-16(25)22-15-9-13(20)12(19)8-14(15)21/h2-5,8-9H,6-7H2,1H3,(H,22,25). The molecule has 0 bridgehead atoms. The fourth-order valence-electron chi connectivity index (χ4n) is 2.23. The van der Waals surface area contributed by atoms with Gasteiger partial charge in [-0.3, -0.25) is 4.79 Å². The summed E-state index contributed by atoms with van der Waals surface area (Å²) in [6.07, 6.45) is 0.468. The van der Waals surface area contributed by atoms with Gasteiger partial charge in [0, 0.05) is 18.4 Å². The van der Waals surface area contributed by atoms with Gasteiger partial charge in [0.05, 0.1) is 20.8 Å². The Kier molecular flexibility index (Phi) is 5.81. The molecule has 0 saturated carbocycles. The van der Waals surface area contributed by atoms with Gasteiger partial charge < -0.3 is 9.84 Å². The first-order chi connectivity index (χ1) is 12.4. The maximum Gasteiger partial charge on any atom is 0.227 e. The third kappa shape index (κ3) is 4.55. The van der Waals surface area contributed by atoms with E-state index in [0.29, 0.717) is 38.9 Å². The van der Waals surface area contributed by atoms with Gasteiger partial charge in [-0.15, -0.1) is 0 Å². The van der Waals surface area contributed by atoms with Gasteiger partial charge >= 0.3 is 0 Å². The first kappa shape index (κ1) is 18.7. The van der Waals surface area contributed by atoms with Crippen molar-refractivity contribution in [1.82, 2.24) is 10.1 Å². The molecule has 3 aromatic rings. The summed E-state index contributed by atoms with van der Waals surface area (Å²) in [5.74, 6) is 0.629. The zero-order chi connectivity index (χ0) is 18.7. The van der Waals surface area contributed by atoms with Crippen LogP contribution in [0.2, 0.25) is 15.1 Å². The Labute approximate surface area is 165 Å². The molecule has 3 rings (SSSR count). The minimum atomic E-state index is -0.250. The first-order valence-electron chi connectivity index (χ1n) is 7.76. The van der Waals surface area contributed by atoms with Crippen LogP contribution in [-0.2, 0) is 11.2 Å². The second kappa shape index (κ2) is 8.08. The number of aryl methyl sites for hydroxylation is 2. The summed E-state index contributed by atoms with van der Waals surface area (Å²) in [5.41, 5.74) is 2.41. The molecule has 2 aromatic carbocycles. The lowest BCUT2D eigenvalue weighted by molar-refractivity contribution is -0.116. The van der Waals surface area contributed by atoms with Crippen LogP contribution in [-0.4, -0.2) is 16.0 Å². The molecule has 1 amide bonds. The minimum absolute atomic E-state index is 0.159. The van der Waals surface area contributed by atoms with E-state index in [1.54, 1.807) is 0 Å². The van der Waals surface area contributed by atoms with Crippen molar-refractivity contribution in [3.05, 3.63) is 62.9 Å². The van der Waals surface area contributed by atoms with E-state index in [-0.39, 0.29) is 12.3 Å². The molecule has 1 aromatic heterocycles. The molecule has 1 N–H and O–H groups in total. The topological polar surface area (TPSA) is 68.0 Å². The van der Waals surface area contributed by atoms with Crippen LogP contribution < -0.4 is 5.32 Å². The monoisotopic (exact) mass is 409 g/mol. The predicted octanol–water partition coefficient (Wildman–Crippen LogP) is 5.58. The highest BCUT2D eigenvalue weighted by Gasteiger charge is 2.13. The van der Waals surface area contributed by atoms with Crippen molar-refractivity contribution in [2.45, 2.75) is 19.8 Å². The lowest BCUT2D eigenvalue weighted by atomic mass is 10.1. The summed E-state index contributed by atoms with van der Waals surface area (Å²) >= 11 is 17.9. The molecule has 0 fully saturated rings. The van der Waals surface area contributed by atoms with Gasteiger partial charge in [-0.25, -0.2) is 0 Å². The molecule has 5 nitrogen and oxygen atoms in total. The molecule has 0 aliphatic heterocycles. The second-order valence-electron chi connectivity index (χ2n) is 5.67. The summed E-state index contributed by atoms with van der Waals surface area (Å²) in [7, 11) is 0. The zero-order valence-electron chi connectivity index (χ0n) is 13.7. The lowest BCUT2D eigenvalue weighted by Gasteiger charge is -2.08. The molecule has 1 heterocycles. The van der Waals surface area contributed by atoms with Crippen molar-refractivity contribution < 1.29 is 9.32 Å². The number of benzene rings is 2. The summed E-state index contributed by atoms with van der Waals surface area (Å²) in [6.45, 7) is 2.00. The number of amides is 1. The average Bonchev–Trinajstić information content (AvgIpc) is 3.07. The van der Waals surface area contributed by atoms with Crippen LogP contribution in [0.4, 0.5) is 5.69 Å². The number of hydrogen-bond acceptors (Lipinski definition) is 4. The third-order valence-electron chi connectivity index (χ3n) is 3.63. The van der Waals surface area contributed by atoms with E-state index in [2.05, 4.69) is 15.5 Å². The molecule has 0 spiro atoms. The van der Waals surface area contributed by atoms with E-state index >= 15 is 0 Å². The Bertz CT molecular complexity index is 939. The van der Waals surface area contributed by atoms with Gasteiger partial charge in [-0.2, -0.15) is 4.98 Å². The normalized spacial score (nSPS) is 10.8. The Morgan fingerprint density at radius 3 is 2.50 bits per heavy atom. The van der Waals surface area contributed by atoms with Crippen LogP contribution in [0.5, 0.6) is 0 Å². The molecule has 26 heavy (non-hydrogen) atoms. The van der Waals surface area contributed by atoms with Crippen molar-refractivity contribution in [2.24, 2.45) is 0 Å². The molecule has 0 saturated heterocycles. The van der Waals surface area contributed by atoms with Crippen molar-refractivity contribution in [1.29, 1.82) is 0 Å². The summed E-state index contributed by atoms with van der Waals surface area (Å²) in [5, 5.41) is 7.58. The van der Waals surface area contributed by atoms with Crippen LogP contribution in [0.1, 0.15) is 17.9 Å². The van der Waals surface area contributed by atoms with Crippen LogP contribution in [0.25, 0.3) is 11.4 Å². The van der Waals surface area contributed by atoms with Gasteiger partial charge in [0.2, 0.25) is 17.6 Å². The smallest absolute Gasteiger partial charge is 0.227 e. The van der Waals surface area contributed by atoms with Gasteiger partial charge in [-0.05, 0) is 19.1 Å². The average molecular weight is 411 g/mol. The number of anilines is 1. The Balaban J connectivity index is 1.60. The van der Waals surface area contributed by atoms with Gasteiger partial charge in [0.25, 0.3) is 0 Å². The van der Waals surface area contributed by atoms with Crippen LogP contribution >= 0.6 is 34.8 Å². The molecule has 134 valence electrons. The molecular weight excluding hydrogens is 397 g/mol. The number of nitrogens with one attached hydrogen (secondary N) is 1. The van der Waals surface area contributed by atoms with Crippen molar-refractivity contribution >= 4 is 46.4 Å². The highest BCUT2D eigenvalue weighted by Crippen LogP contribution is 2.32. The van der Waals surface area contributed by atoms with Gasteiger partial charge in [0.15, 0.2) is 0 Å². The zero-order valence-corrected chi connectivity index (χ0v) is 16.0. The molecule has 0 radical (unpaired) electrons. The molecule has 0 atom stereocenters. The van der Waals surface area contributed by atoms with E-state index in [4.69, 9.17) is 39.3 Å². The van der Waals surface area contributed by atoms with Crippen molar-refractivity contribution in [3.63, 3.8) is 0 Å². The fourth-order valence-corrected chi connectivity index (χ4v) is 2.82. The quantitative estimate of drug-likeness (QED) is 0.558. The summed E-state index contributed by atoms with van der Waals surface area (Å²) in [4.78, 5) is 16.4. The molecule has 8 heteroatoms. The second-order valence-corrected chi connectivity index (χ2v) is 6.89. The number of nitrogens with zero attached hydrogens (tertiary/aromatic N) is 2. The molecular formula is C18H14Cl3N3O2. The predicted molar refractivity (Wildman–Crippen MR) is 103 cm³/mol. The summed E-state index contributed by atoms with van der Waals surface area (Å²) < 4.78 is 5.20. The highest BCUT2D eigenvalue weighted by atomic mass is 35.5. The molecule has 0 aliphatic rings. The fraction of sp³-hybridized carbons (Fsp3) is 0.167. The van der Waals surface area contributed by atoms with Crippen LogP contribution in [0.15, 0.2) is 40.9 Å². The number of hydrogen-bond donors (Lipinski definition) is 1. The largest absolute Gasteiger partial charge is 0.339 e. The first-order valence-corrected chi connectivity index (χ1v) is 8.90. The van der Waals surface area contributed by atoms with E-state index in [1.807, 2.05) is 31.2 Å². The SMILES string of the molecule is Cc1ccc(-c2noc(CCC(=O)Nc3cc(Cl)c(Cl)cc3Cl)n2)cc1. The number of carbonyl (C=O) groups is 1. The van der Waals surface area contributed by atoms with E-state index in [0.717, 1.165) is 11.1 Å². The highest BCUT2D eigenvalue weighted by molar-refractivity contribution is 6.44. The van der Waals surface area contributed by atoms with Crippen LogP contribution in [0, 0.1) is 6.92 Å². The maximum absolute atomic E-state index is 12.1. The van der Waals surface area contributed by atoms with Crippen molar-refractivity contribution in [2.75, 3.05) is 5.32 Å². The lowest BCUT2D eigenvalue weighted by Crippen LogP contribution is -2.12. The Morgan fingerprint density at radius 1 is 1.08 bits per heavy atom. The Hall–Kier alpha value is -2.08. The molecule has 0 aliphatic carbocycles. The van der Waals surface area contributed by atoms with E-state index in [9.17, 15) is 4.79 Å². The summed E-state index contributed by atoms with van der Waals surface area (Å²) in [6, 6.07) is 10.8.